The summed E-state index contributed by atoms with van der Waals surface area (Å²) in [7, 11) is 0. The molecule has 4 rings (SSSR count). The van der Waals surface area contributed by atoms with E-state index < -0.39 is 11.6 Å². The van der Waals surface area contributed by atoms with Gasteiger partial charge in [0.25, 0.3) is 0 Å². The summed E-state index contributed by atoms with van der Waals surface area (Å²) >= 11 is 0. The normalized spacial score (nSPS) is 38.9. The van der Waals surface area contributed by atoms with Crippen LogP contribution >= 0.6 is 0 Å². The zero-order valence-corrected chi connectivity index (χ0v) is 12.7. The van der Waals surface area contributed by atoms with Gasteiger partial charge < -0.3 is 9.84 Å². The minimum Gasteiger partial charge on any atom is -0.456 e. The average molecular weight is 278 g/mol. The molecule has 4 bridgehead atoms. The molecule has 112 valence electrons. The lowest BCUT2D eigenvalue weighted by molar-refractivity contribution is -0.195. The summed E-state index contributed by atoms with van der Waals surface area (Å²) < 4.78 is 5.78. The molecule has 0 aliphatic heterocycles. The van der Waals surface area contributed by atoms with Crippen LogP contribution in [0.15, 0.2) is 12.2 Å². The number of carbonyl (C=O) groups is 1. The topological polar surface area (TPSA) is 46.5 Å². The fourth-order valence-electron chi connectivity index (χ4n) is 5.32. The molecule has 3 nitrogen and oxygen atoms in total. The van der Waals surface area contributed by atoms with Crippen molar-refractivity contribution in [2.24, 2.45) is 23.2 Å². The number of rotatable bonds is 4. The molecule has 4 fully saturated rings. The van der Waals surface area contributed by atoms with E-state index in [1.807, 2.05) is 0 Å². The highest BCUT2D eigenvalue weighted by atomic mass is 16.6. The van der Waals surface area contributed by atoms with E-state index in [1.165, 1.54) is 38.5 Å². The van der Waals surface area contributed by atoms with Gasteiger partial charge in [0.1, 0.15) is 5.60 Å². The van der Waals surface area contributed by atoms with Crippen LogP contribution < -0.4 is 0 Å². The molecule has 0 aromatic rings. The highest BCUT2D eigenvalue weighted by molar-refractivity contribution is 5.88. The van der Waals surface area contributed by atoms with Crippen molar-refractivity contribution in [2.75, 3.05) is 6.61 Å². The number of aliphatic hydroxyl groups is 1. The standard InChI is InChI=1S/C17H26O3/c1-11(10-18)15(19)20-16(2,3)17-7-12-4-13(8-17)6-14(5-12)9-17/h12-14,18H,1,4-10H2,2-3H3. The Morgan fingerprint density at radius 1 is 1.20 bits per heavy atom. The lowest BCUT2D eigenvalue weighted by Gasteiger charge is -2.61. The Morgan fingerprint density at radius 3 is 2.05 bits per heavy atom. The van der Waals surface area contributed by atoms with Crippen LogP contribution in [0.1, 0.15) is 52.4 Å². The van der Waals surface area contributed by atoms with Crippen LogP contribution in [0.2, 0.25) is 0 Å². The molecule has 4 saturated carbocycles. The van der Waals surface area contributed by atoms with Crippen molar-refractivity contribution in [3.05, 3.63) is 12.2 Å². The van der Waals surface area contributed by atoms with Crippen LogP contribution in [0, 0.1) is 23.2 Å². The van der Waals surface area contributed by atoms with Crippen LogP contribution in [-0.2, 0) is 9.53 Å². The maximum atomic E-state index is 12.0. The van der Waals surface area contributed by atoms with Crippen molar-refractivity contribution in [3.8, 4) is 0 Å². The van der Waals surface area contributed by atoms with Gasteiger partial charge in [-0.2, -0.15) is 0 Å². The Hall–Kier alpha value is -0.830. The van der Waals surface area contributed by atoms with E-state index in [4.69, 9.17) is 9.84 Å². The van der Waals surface area contributed by atoms with Gasteiger partial charge in [0.15, 0.2) is 0 Å². The third kappa shape index (κ3) is 2.11. The van der Waals surface area contributed by atoms with Crippen molar-refractivity contribution in [3.63, 3.8) is 0 Å². The Morgan fingerprint density at radius 2 is 1.65 bits per heavy atom. The lowest BCUT2D eigenvalue weighted by Crippen LogP contribution is -2.57. The van der Waals surface area contributed by atoms with Gasteiger partial charge in [-0.05, 0) is 70.1 Å². The van der Waals surface area contributed by atoms with E-state index in [9.17, 15) is 4.79 Å². The smallest absolute Gasteiger partial charge is 0.336 e. The number of hydrogen-bond acceptors (Lipinski definition) is 3. The fraction of sp³-hybridized carbons (Fsp3) is 0.824. The maximum absolute atomic E-state index is 12.0. The van der Waals surface area contributed by atoms with Gasteiger partial charge in [-0.15, -0.1) is 0 Å². The van der Waals surface area contributed by atoms with Crippen LogP contribution in [0.4, 0.5) is 0 Å². The van der Waals surface area contributed by atoms with Crippen molar-refractivity contribution in [1.82, 2.24) is 0 Å². The Bertz CT molecular complexity index is 400. The highest BCUT2D eigenvalue weighted by Gasteiger charge is 2.58. The second-order valence-corrected chi connectivity index (χ2v) is 7.86. The van der Waals surface area contributed by atoms with Crippen LogP contribution in [0.5, 0.6) is 0 Å². The van der Waals surface area contributed by atoms with E-state index in [2.05, 4.69) is 20.4 Å². The SMILES string of the molecule is C=C(CO)C(=O)OC(C)(C)C12CC3CC(CC(C3)C1)C2. The molecular weight excluding hydrogens is 252 g/mol. The zero-order valence-electron chi connectivity index (χ0n) is 12.7. The summed E-state index contributed by atoms with van der Waals surface area (Å²) in [6, 6.07) is 0. The van der Waals surface area contributed by atoms with Gasteiger partial charge in [-0.3, -0.25) is 0 Å². The van der Waals surface area contributed by atoms with Crippen molar-refractivity contribution >= 4 is 5.97 Å². The van der Waals surface area contributed by atoms with Gasteiger partial charge in [0.05, 0.1) is 12.2 Å². The van der Waals surface area contributed by atoms with Crippen LogP contribution in [0.25, 0.3) is 0 Å². The molecule has 0 aromatic heterocycles. The fourth-order valence-corrected chi connectivity index (χ4v) is 5.32. The summed E-state index contributed by atoms with van der Waals surface area (Å²) in [5, 5.41) is 9.04. The average Bonchev–Trinajstić information content (AvgIpc) is 2.35. The minimum absolute atomic E-state index is 0.146. The summed E-state index contributed by atoms with van der Waals surface area (Å²) in [5.41, 5.74) is -0.159. The van der Waals surface area contributed by atoms with Crippen LogP contribution in [-0.4, -0.2) is 23.3 Å². The number of hydrogen-bond donors (Lipinski definition) is 1. The van der Waals surface area contributed by atoms with E-state index >= 15 is 0 Å². The molecule has 0 saturated heterocycles. The Labute approximate surface area is 121 Å². The molecule has 0 heterocycles. The van der Waals surface area contributed by atoms with Gasteiger partial charge in [0.2, 0.25) is 0 Å². The molecular formula is C17H26O3. The first kappa shape index (κ1) is 14.1. The second-order valence-electron chi connectivity index (χ2n) is 7.86. The zero-order chi connectivity index (χ0) is 14.5. The minimum atomic E-state index is -0.460. The number of ether oxygens (including phenoxy) is 1. The Balaban J connectivity index is 1.80. The molecule has 4 aliphatic carbocycles. The highest BCUT2D eigenvalue weighted by Crippen LogP contribution is 2.64. The second kappa shape index (κ2) is 4.59. The first-order chi connectivity index (χ1) is 9.35. The molecule has 0 spiro atoms. The molecule has 3 heteroatoms. The van der Waals surface area contributed by atoms with Gasteiger partial charge in [-0.25, -0.2) is 4.79 Å². The summed E-state index contributed by atoms with van der Waals surface area (Å²) in [4.78, 5) is 12.0. The number of aliphatic hydroxyl groups excluding tert-OH is 1. The number of carbonyl (C=O) groups excluding carboxylic acids is 1. The predicted octanol–water partition coefficient (Wildman–Crippen LogP) is 3.07. The summed E-state index contributed by atoms with van der Waals surface area (Å²) in [6.45, 7) is 7.37. The lowest BCUT2D eigenvalue weighted by atomic mass is 9.46. The molecule has 0 aromatic carbocycles. The summed E-state index contributed by atoms with van der Waals surface area (Å²) in [5.74, 6) is 2.06. The molecule has 4 aliphatic rings. The maximum Gasteiger partial charge on any atom is 0.336 e. The van der Waals surface area contributed by atoms with Crippen molar-refractivity contribution in [2.45, 2.75) is 58.0 Å². The molecule has 20 heavy (non-hydrogen) atoms. The monoisotopic (exact) mass is 278 g/mol. The molecule has 0 unspecified atom stereocenters. The third-order valence-corrected chi connectivity index (χ3v) is 6.14. The van der Waals surface area contributed by atoms with E-state index in [1.54, 1.807) is 0 Å². The first-order valence-electron chi connectivity index (χ1n) is 7.87. The predicted molar refractivity (Wildman–Crippen MR) is 77.0 cm³/mol. The largest absolute Gasteiger partial charge is 0.456 e. The van der Waals surface area contributed by atoms with Crippen molar-refractivity contribution in [1.29, 1.82) is 0 Å². The van der Waals surface area contributed by atoms with Crippen molar-refractivity contribution < 1.29 is 14.6 Å². The van der Waals surface area contributed by atoms with Gasteiger partial charge >= 0.3 is 5.97 Å². The van der Waals surface area contributed by atoms with Crippen LogP contribution in [0.3, 0.4) is 0 Å². The quantitative estimate of drug-likeness (QED) is 0.635. The Kier molecular flexibility index (Phi) is 3.24. The summed E-state index contributed by atoms with van der Waals surface area (Å²) in [6.07, 6.45) is 7.74. The van der Waals surface area contributed by atoms with E-state index in [0.29, 0.717) is 0 Å². The van der Waals surface area contributed by atoms with E-state index in [-0.39, 0.29) is 17.6 Å². The molecule has 0 amide bonds. The molecule has 1 N–H and O–H groups in total. The van der Waals surface area contributed by atoms with Gasteiger partial charge in [0, 0.05) is 5.41 Å². The molecule has 0 radical (unpaired) electrons. The molecule has 0 atom stereocenters. The first-order valence-corrected chi connectivity index (χ1v) is 7.87. The number of esters is 1. The van der Waals surface area contributed by atoms with Gasteiger partial charge in [-0.1, -0.05) is 6.58 Å². The van der Waals surface area contributed by atoms with E-state index in [0.717, 1.165) is 17.8 Å². The third-order valence-electron chi connectivity index (χ3n) is 6.14.